The second-order valence-corrected chi connectivity index (χ2v) is 6.33. The van der Waals surface area contributed by atoms with Gasteiger partial charge in [0.1, 0.15) is 19.5 Å². The number of ether oxygens (including phenoxy) is 2. The Morgan fingerprint density at radius 2 is 1.96 bits per heavy atom. The first-order chi connectivity index (χ1) is 11.7. The molecule has 1 aromatic carbocycles. The summed E-state index contributed by atoms with van der Waals surface area (Å²) in [6, 6.07) is 11.2. The number of hydrogen-bond donors (Lipinski definition) is 0. The molecule has 0 aliphatic carbocycles. The largest absolute Gasteiger partial charge is 0.486 e. The molecule has 0 spiro atoms. The molecule has 24 heavy (non-hydrogen) atoms. The van der Waals surface area contributed by atoms with Crippen molar-refractivity contribution in [2.45, 2.75) is 0 Å². The number of aromatic nitrogens is 1. The van der Waals surface area contributed by atoms with Crippen molar-refractivity contribution in [1.82, 2.24) is 5.16 Å². The summed E-state index contributed by atoms with van der Waals surface area (Å²) in [5.74, 6) is 1.84. The normalized spacial score (nSPS) is 12.9. The number of anilines is 1. The van der Waals surface area contributed by atoms with E-state index in [0.29, 0.717) is 23.9 Å². The van der Waals surface area contributed by atoms with E-state index in [1.165, 1.54) is 22.5 Å². The van der Waals surface area contributed by atoms with Crippen molar-refractivity contribution in [3.05, 3.63) is 47.5 Å². The van der Waals surface area contributed by atoms with Crippen LogP contribution in [0, 0.1) is 0 Å². The SMILES string of the molecule is CN(C(=O)c1ccc(-c2ccc3c(c2)OCCO3)s1)c1ccon1. The lowest BCUT2D eigenvalue weighted by Crippen LogP contribution is -2.25. The number of amides is 1. The van der Waals surface area contributed by atoms with Gasteiger partial charge >= 0.3 is 0 Å². The van der Waals surface area contributed by atoms with Crippen molar-refractivity contribution >= 4 is 23.1 Å². The van der Waals surface area contributed by atoms with E-state index in [1.807, 2.05) is 30.3 Å². The van der Waals surface area contributed by atoms with Gasteiger partial charge in [0.25, 0.3) is 5.91 Å². The van der Waals surface area contributed by atoms with Crippen molar-refractivity contribution in [3.8, 4) is 21.9 Å². The first-order valence-corrected chi connectivity index (χ1v) is 8.22. The molecule has 1 amide bonds. The number of carbonyl (C=O) groups excluding carboxylic acids is 1. The Balaban J connectivity index is 1.59. The molecule has 0 saturated carbocycles. The average Bonchev–Trinajstić information content (AvgIpc) is 3.31. The number of thiophene rings is 1. The van der Waals surface area contributed by atoms with Gasteiger partial charge in [0.05, 0.1) is 4.88 Å². The summed E-state index contributed by atoms with van der Waals surface area (Å²) in [6.07, 6.45) is 1.44. The highest BCUT2D eigenvalue weighted by Gasteiger charge is 2.19. The van der Waals surface area contributed by atoms with E-state index in [4.69, 9.17) is 14.0 Å². The lowest BCUT2D eigenvalue weighted by atomic mass is 10.1. The van der Waals surface area contributed by atoms with Crippen LogP contribution in [0.5, 0.6) is 11.5 Å². The van der Waals surface area contributed by atoms with Crippen LogP contribution in [0.15, 0.2) is 47.2 Å². The number of hydrogen-bond acceptors (Lipinski definition) is 6. The van der Waals surface area contributed by atoms with Crippen molar-refractivity contribution < 1.29 is 18.8 Å². The second-order valence-electron chi connectivity index (χ2n) is 5.24. The van der Waals surface area contributed by atoms with Crippen LogP contribution in [-0.2, 0) is 0 Å². The van der Waals surface area contributed by atoms with E-state index >= 15 is 0 Å². The molecule has 3 aromatic rings. The van der Waals surface area contributed by atoms with Crippen LogP contribution in [0.25, 0.3) is 10.4 Å². The van der Waals surface area contributed by atoms with Gasteiger partial charge in [0, 0.05) is 18.0 Å². The zero-order valence-electron chi connectivity index (χ0n) is 12.9. The van der Waals surface area contributed by atoms with Gasteiger partial charge in [-0.1, -0.05) is 5.16 Å². The van der Waals surface area contributed by atoms with Gasteiger partial charge in [-0.05, 0) is 35.9 Å². The predicted octanol–water partition coefficient (Wildman–Crippen LogP) is 3.45. The Morgan fingerprint density at radius 3 is 2.75 bits per heavy atom. The fourth-order valence-corrected chi connectivity index (χ4v) is 3.43. The van der Waals surface area contributed by atoms with E-state index in [-0.39, 0.29) is 5.91 Å². The van der Waals surface area contributed by atoms with Gasteiger partial charge in [-0.25, -0.2) is 0 Å². The summed E-state index contributed by atoms with van der Waals surface area (Å²) in [6.45, 7) is 1.12. The highest BCUT2D eigenvalue weighted by atomic mass is 32.1. The van der Waals surface area contributed by atoms with Crippen LogP contribution < -0.4 is 14.4 Å². The predicted molar refractivity (Wildman–Crippen MR) is 90.0 cm³/mol. The summed E-state index contributed by atoms with van der Waals surface area (Å²) in [5, 5.41) is 3.78. The Labute approximate surface area is 142 Å². The molecular formula is C17H14N2O4S. The highest BCUT2D eigenvalue weighted by Crippen LogP contribution is 2.37. The summed E-state index contributed by atoms with van der Waals surface area (Å²) in [4.78, 5) is 15.6. The monoisotopic (exact) mass is 342 g/mol. The summed E-state index contributed by atoms with van der Waals surface area (Å²) in [7, 11) is 1.67. The maximum absolute atomic E-state index is 12.5. The van der Waals surface area contributed by atoms with Crippen LogP contribution in [0.4, 0.5) is 5.82 Å². The zero-order chi connectivity index (χ0) is 16.5. The van der Waals surface area contributed by atoms with E-state index in [2.05, 4.69) is 5.16 Å². The minimum absolute atomic E-state index is 0.127. The molecule has 0 saturated heterocycles. The summed E-state index contributed by atoms with van der Waals surface area (Å²) < 4.78 is 15.9. The average molecular weight is 342 g/mol. The Hall–Kier alpha value is -2.80. The Kier molecular flexibility index (Phi) is 3.70. The second kappa shape index (κ2) is 6.01. The van der Waals surface area contributed by atoms with Crippen LogP contribution in [0.2, 0.25) is 0 Å². The molecule has 0 atom stereocenters. The number of carbonyl (C=O) groups is 1. The standard InChI is InChI=1S/C17H14N2O4S/c1-19(16-6-7-23-18-16)17(20)15-5-4-14(24-15)11-2-3-12-13(10-11)22-9-8-21-12/h2-7,10H,8-9H2,1H3. The maximum atomic E-state index is 12.5. The first kappa shape index (κ1) is 14.8. The highest BCUT2D eigenvalue weighted by molar-refractivity contribution is 7.17. The molecule has 0 unspecified atom stereocenters. The topological polar surface area (TPSA) is 64.8 Å². The third kappa shape index (κ3) is 2.63. The van der Waals surface area contributed by atoms with Crippen molar-refractivity contribution in [3.63, 3.8) is 0 Å². The number of benzene rings is 1. The Bertz CT molecular complexity index is 873. The molecule has 122 valence electrons. The summed E-state index contributed by atoms with van der Waals surface area (Å²) in [5.41, 5.74) is 0.993. The lowest BCUT2D eigenvalue weighted by Gasteiger charge is -2.18. The minimum Gasteiger partial charge on any atom is -0.486 e. The smallest absolute Gasteiger partial charge is 0.269 e. The van der Waals surface area contributed by atoms with E-state index < -0.39 is 0 Å². The number of fused-ring (bicyclic) bond motifs is 1. The van der Waals surface area contributed by atoms with E-state index in [1.54, 1.807) is 13.1 Å². The molecule has 0 radical (unpaired) electrons. The third-order valence-corrected chi connectivity index (χ3v) is 4.84. The lowest BCUT2D eigenvalue weighted by molar-refractivity contribution is 0.0995. The quantitative estimate of drug-likeness (QED) is 0.729. The van der Waals surface area contributed by atoms with E-state index in [9.17, 15) is 4.79 Å². The van der Waals surface area contributed by atoms with Crippen LogP contribution in [0.1, 0.15) is 9.67 Å². The first-order valence-electron chi connectivity index (χ1n) is 7.41. The van der Waals surface area contributed by atoms with Gasteiger partial charge in [-0.15, -0.1) is 11.3 Å². The molecule has 3 heterocycles. The Morgan fingerprint density at radius 1 is 1.12 bits per heavy atom. The van der Waals surface area contributed by atoms with E-state index in [0.717, 1.165) is 21.9 Å². The molecule has 6 nitrogen and oxygen atoms in total. The molecule has 0 N–H and O–H groups in total. The zero-order valence-corrected chi connectivity index (χ0v) is 13.7. The number of rotatable bonds is 3. The van der Waals surface area contributed by atoms with Crippen LogP contribution in [0.3, 0.4) is 0 Å². The van der Waals surface area contributed by atoms with Gasteiger partial charge < -0.3 is 14.0 Å². The van der Waals surface area contributed by atoms with Gasteiger partial charge in [0.15, 0.2) is 17.3 Å². The molecule has 4 rings (SSSR count). The van der Waals surface area contributed by atoms with Gasteiger partial charge in [-0.3, -0.25) is 9.69 Å². The molecule has 2 aromatic heterocycles. The maximum Gasteiger partial charge on any atom is 0.269 e. The fraction of sp³-hybridized carbons (Fsp3) is 0.176. The molecule has 1 aliphatic rings. The third-order valence-electron chi connectivity index (χ3n) is 3.72. The van der Waals surface area contributed by atoms with Gasteiger partial charge in [-0.2, -0.15) is 0 Å². The number of nitrogens with zero attached hydrogens (tertiary/aromatic N) is 2. The van der Waals surface area contributed by atoms with Crippen molar-refractivity contribution in [1.29, 1.82) is 0 Å². The van der Waals surface area contributed by atoms with Crippen molar-refractivity contribution in [2.24, 2.45) is 0 Å². The van der Waals surface area contributed by atoms with Crippen molar-refractivity contribution in [2.75, 3.05) is 25.2 Å². The molecular weight excluding hydrogens is 328 g/mol. The van der Waals surface area contributed by atoms with Crippen LogP contribution in [-0.4, -0.2) is 31.3 Å². The molecule has 1 aliphatic heterocycles. The van der Waals surface area contributed by atoms with Crippen LogP contribution >= 0.6 is 11.3 Å². The minimum atomic E-state index is -0.127. The summed E-state index contributed by atoms with van der Waals surface area (Å²) >= 11 is 1.42. The van der Waals surface area contributed by atoms with Gasteiger partial charge in [0.2, 0.25) is 0 Å². The molecule has 0 bridgehead atoms. The fourth-order valence-electron chi connectivity index (χ4n) is 2.45. The molecule has 0 fully saturated rings. The molecule has 7 heteroatoms.